The van der Waals surface area contributed by atoms with Crippen molar-refractivity contribution in [3.8, 4) is 0 Å². The van der Waals surface area contributed by atoms with Crippen molar-refractivity contribution < 1.29 is 19.5 Å². The van der Waals surface area contributed by atoms with Gasteiger partial charge in [0.1, 0.15) is 6.04 Å². The number of hydrogen-bond donors (Lipinski definition) is 1. The van der Waals surface area contributed by atoms with E-state index in [9.17, 15) is 14.4 Å². The summed E-state index contributed by atoms with van der Waals surface area (Å²) in [6.45, 7) is 3.17. The van der Waals surface area contributed by atoms with Crippen molar-refractivity contribution in [2.24, 2.45) is 5.92 Å². The summed E-state index contributed by atoms with van der Waals surface area (Å²) in [5.41, 5.74) is 0. The molecule has 96 valence electrons. The van der Waals surface area contributed by atoms with Gasteiger partial charge in [-0.2, -0.15) is 0 Å². The van der Waals surface area contributed by atoms with Gasteiger partial charge in [0.05, 0.1) is 5.88 Å². The number of amides is 1. The number of aliphatic carboxylic acids is 1. The first-order chi connectivity index (χ1) is 7.93. The van der Waals surface area contributed by atoms with E-state index in [0.717, 1.165) is 11.8 Å². The SMILES string of the molecule is CC(=O)SCC(C)C(=O)N1CSC[C@H]1C(=O)O. The molecule has 0 bridgehead atoms. The largest absolute Gasteiger partial charge is 0.480 e. The minimum absolute atomic E-state index is 0.0322. The highest BCUT2D eigenvalue weighted by Crippen LogP contribution is 2.24. The van der Waals surface area contributed by atoms with E-state index in [2.05, 4.69) is 0 Å². The number of thioether (sulfide) groups is 2. The maximum atomic E-state index is 12.0. The molecule has 1 rings (SSSR count). The molecule has 0 aliphatic carbocycles. The number of hydrogen-bond acceptors (Lipinski definition) is 5. The number of carbonyl (C=O) groups excluding carboxylic acids is 2. The molecule has 2 atom stereocenters. The van der Waals surface area contributed by atoms with Crippen molar-refractivity contribution >= 4 is 40.5 Å². The Morgan fingerprint density at radius 1 is 1.53 bits per heavy atom. The van der Waals surface area contributed by atoms with Crippen LogP contribution in [0.15, 0.2) is 0 Å². The highest BCUT2D eigenvalue weighted by Gasteiger charge is 2.36. The smallest absolute Gasteiger partial charge is 0.327 e. The van der Waals surface area contributed by atoms with E-state index in [1.807, 2.05) is 0 Å². The Balaban J connectivity index is 2.56. The lowest BCUT2D eigenvalue weighted by atomic mass is 10.1. The van der Waals surface area contributed by atoms with Crippen LogP contribution in [0.1, 0.15) is 13.8 Å². The fourth-order valence-electron chi connectivity index (χ4n) is 1.46. The summed E-state index contributed by atoms with van der Waals surface area (Å²) in [6.07, 6.45) is 0. The molecule has 0 radical (unpaired) electrons. The Labute approximate surface area is 108 Å². The van der Waals surface area contributed by atoms with Crippen molar-refractivity contribution in [3.63, 3.8) is 0 Å². The van der Waals surface area contributed by atoms with Gasteiger partial charge in [0.15, 0.2) is 5.12 Å². The molecule has 1 N–H and O–H groups in total. The Kier molecular flexibility index (Phi) is 5.32. The van der Waals surface area contributed by atoms with Crippen molar-refractivity contribution in [3.05, 3.63) is 0 Å². The molecule has 0 aromatic carbocycles. The summed E-state index contributed by atoms with van der Waals surface area (Å²) in [7, 11) is 0. The number of rotatable bonds is 4. The molecule has 7 heteroatoms. The highest BCUT2D eigenvalue weighted by molar-refractivity contribution is 8.13. The van der Waals surface area contributed by atoms with Gasteiger partial charge in [-0.15, -0.1) is 11.8 Å². The minimum Gasteiger partial charge on any atom is -0.480 e. The Bertz CT molecular complexity index is 334. The summed E-state index contributed by atoms with van der Waals surface area (Å²) in [5, 5.41) is 8.93. The molecule has 1 aliphatic heterocycles. The molecular weight excluding hydrogens is 262 g/mol. The Morgan fingerprint density at radius 3 is 2.71 bits per heavy atom. The predicted octanol–water partition coefficient (Wildman–Crippen LogP) is 0.888. The van der Waals surface area contributed by atoms with Crippen molar-refractivity contribution in [2.75, 3.05) is 17.4 Å². The zero-order chi connectivity index (χ0) is 13.0. The molecule has 1 heterocycles. The van der Waals surface area contributed by atoms with E-state index in [4.69, 9.17) is 5.11 Å². The van der Waals surface area contributed by atoms with Crippen LogP contribution in [0.5, 0.6) is 0 Å². The van der Waals surface area contributed by atoms with Crippen molar-refractivity contribution in [2.45, 2.75) is 19.9 Å². The van der Waals surface area contributed by atoms with Crippen LogP contribution >= 0.6 is 23.5 Å². The van der Waals surface area contributed by atoms with E-state index in [1.54, 1.807) is 6.92 Å². The lowest BCUT2D eigenvalue weighted by molar-refractivity contribution is -0.148. The summed E-state index contributed by atoms with van der Waals surface area (Å²) >= 11 is 2.53. The van der Waals surface area contributed by atoms with Crippen LogP contribution in [-0.2, 0) is 14.4 Å². The molecule has 1 unspecified atom stereocenters. The summed E-state index contributed by atoms with van der Waals surface area (Å²) in [4.78, 5) is 35.1. The van der Waals surface area contributed by atoms with Gasteiger partial charge in [0.25, 0.3) is 0 Å². The number of nitrogens with zero attached hydrogens (tertiary/aromatic N) is 1. The van der Waals surface area contributed by atoms with Crippen LogP contribution in [-0.4, -0.2) is 50.4 Å². The molecule has 1 saturated heterocycles. The Morgan fingerprint density at radius 2 is 2.18 bits per heavy atom. The molecule has 17 heavy (non-hydrogen) atoms. The first-order valence-corrected chi connectivity index (χ1v) is 7.32. The second kappa shape index (κ2) is 6.30. The standard InChI is InChI=1S/C10H15NO4S2/c1-6(3-17-7(2)12)9(13)11-5-16-4-8(11)10(14)15/h6,8H,3-5H2,1-2H3,(H,14,15)/t6?,8-/m0/s1. The molecule has 1 fully saturated rings. The number of carboxylic acids is 1. The topological polar surface area (TPSA) is 74.7 Å². The van der Waals surface area contributed by atoms with E-state index in [-0.39, 0.29) is 16.9 Å². The van der Waals surface area contributed by atoms with Crippen LogP contribution in [0, 0.1) is 5.92 Å². The van der Waals surface area contributed by atoms with Gasteiger partial charge in [-0.1, -0.05) is 18.7 Å². The van der Waals surface area contributed by atoms with Gasteiger partial charge in [-0.3, -0.25) is 9.59 Å². The van der Waals surface area contributed by atoms with Crippen LogP contribution in [0.25, 0.3) is 0 Å². The lowest BCUT2D eigenvalue weighted by Gasteiger charge is -2.23. The van der Waals surface area contributed by atoms with Crippen molar-refractivity contribution in [1.29, 1.82) is 0 Å². The third-order valence-electron chi connectivity index (χ3n) is 2.41. The van der Waals surface area contributed by atoms with Gasteiger partial charge < -0.3 is 10.0 Å². The maximum absolute atomic E-state index is 12.0. The van der Waals surface area contributed by atoms with Crippen LogP contribution in [0.2, 0.25) is 0 Å². The monoisotopic (exact) mass is 277 g/mol. The van der Waals surface area contributed by atoms with Crippen LogP contribution in [0.3, 0.4) is 0 Å². The first-order valence-electron chi connectivity index (χ1n) is 5.18. The zero-order valence-corrected chi connectivity index (χ0v) is 11.3. The van der Waals surface area contributed by atoms with Crippen LogP contribution in [0.4, 0.5) is 0 Å². The zero-order valence-electron chi connectivity index (χ0n) is 9.71. The number of carbonyl (C=O) groups is 3. The minimum atomic E-state index is -0.963. The molecule has 1 aliphatic rings. The highest BCUT2D eigenvalue weighted by atomic mass is 32.2. The first kappa shape index (κ1) is 14.4. The van der Waals surface area contributed by atoms with Gasteiger partial charge in [-0.25, -0.2) is 4.79 Å². The number of carboxylic acid groups (broad SMARTS) is 1. The molecule has 1 amide bonds. The van der Waals surface area contributed by atoms with Crippen molar-refractivity contribution in [1.82, 2.24) is 4.90 Å². The van der Waals surface area contributed by atoms with Gasteiger partial charge in [-0.05, 0) is 0 Å². The second-order valence-corrected chi connectivity index (χ2v) is 6.06. The van der Waals surface area contributed by atoms with E-state index in [1.165, 1.54) is 23.6 Å². The Hall–Kier alpha value is -0.690. The molecule has 0 aromatic heterocycles. The van der Waals surface area contributed by atoms with E-state index < -0.39 is 12.0 Å². The maximum Gasteiger partial charge on any atom is 0.327 e. The fourth-order valence-corrected chi connectivity index (χ4v) is 3.24. The summed E-state index contributed by atoms with van der Waals surface area (Å²) in [6, 6.07) is -0.725. The predicted molar refractivity (Wildman–Crippen MR) is 67.9 cm³/mol. The average Bonchev–Trinajstić information content (AvgIpc) is 2.73. The van der Waals surface area contributed by atoms with Gasteiger partial charge in [0, 0.05) is 24.3 Å². The molecule has 0 saturated carbocycles. The third-order valence-corrected chi connectivity index (χ3v) is 4.49. The second-order valence-electron chi connectivity index (χ2n) is 3.87. The summed E-state index contributed by atoms with van der Waals surface area (Å²) < 4.78 is 0. The average molecular weight is 277 g/mol. The lowest BCUT2D eigenvalue weighted by Crippen LogP contribution is -2.44. The molecule has 0 spiro atoms. The van der Waals surface area contributed by atoms with Gasteiger partial charge in [0.2, 0.25) is 5.91 Å². The van der Waals surface area contributed by atoms with E-state index >= 15 is 0 Å². The molecule has 5 nitrogen and oxygen atoms in total. The fraction of sp³-hybridized carbons (Fsp3) is 0.700. The summed E-state index contributed by atoms with van der Waals surface area (Å²) in [5.74, 6) is -0.212. The van der Waals surface area contributed by atoms with E-state index in [0.29, 0.717) is 17.4 Å². The normalized spacial score (nSPS) is 21.3. The molecular formula is C10H15NO4S2. The van der Waals surface area contributed by atoms with Crippen LogP contribution < -0.4 is 0 Å². The molecule has 0 aromatic rings. The third kappa shape index (κ3) is 3.92. The quantitative estimate of drug-likeness (QED) is 0.822. The van der Waals surface area contributed by atoms with Gasteiger partial charge >= 0.3 is 5.97 Å².